The second-order valence-electron chi connectivity index (χ2n) is 5.21. The summed E-state index contributed by atoms with van der Waals surface area (Å²) in [6, 6.07) is 0. The average Bonchev–Trinajstić information content (AvgIpc) is 2.14. The zero-order valence-corrected chi connectivity index (χ0v) is 9.05. The predicted octanol–water partition coefficient (Wildman–Crippen LogP) is 2.70. The van der Waals surface area contributed by atoms with Crippen LogP contribution < -0.4 is 0 Å². The lowest BCUT2D eigenvalue weighted by molar-refractivity contribution is -0.124. The minimum atomic E-state index is 0.366. The summed E-state index contributed by atoms with van der Waals surface area (Å²) in [5, 5.41) is 0. The molecule has 0 aromatic carbocycles. The third kappa shape index (κ3) is 2.35. The normalized spacial score (nSPS) is 27.4. The second-order valence-corrected chi connectivity index (χ2v) is 5.21. The highest BCUT2D eigenvalue weighted by molar-refractivity contribution is 5.79. The minimum absolute atomic E-state index is 0.366. The highest BCUT2D eigenvalue weighted by Gasteiger charge is 2.33. The smallest absolute Gasteiger partial charge is 0.133 e. The molecule has 2 aliphatic carbocycles. The molecular weight excluding hydrogens is 176 g/mol. The number of hydrogen-bond donors (Lipinski definition) is 0. The molecule has 0 amide bonds. The first-order valence-electron chi connectivity index (χ1n) is 5.81. The number of Topliss-reactive ketones (excluding diaryl/α,β-unsaturated/α-hetero) is 1. The number of carbonyl (C=O) groups excluding carboxylic acids is 1. The fourth-order valence-electron chi connectivity index (χ4n) is 2.32. The van der Waals surface area contributed by atoms with Gasteiger partial charge in [-0.05, 0) is 31.1 Å². The molecule has 0 bridgehead atoms. The Morgan fingerprint density at radius 1 is 1.36 bits per heavy atom. The van der Waals surface area contributed by atoms with Crippen molar-refractivity contribution in [1.82, 2.24) is 0 Å². The van der Waals surface area contributed by atoms with E-state index in [1.807, 2.05) is 0 Å². The molecule has 2 heteroatoms. The highest BCUT2D eigenvalue weighted by atomic mass is 16.5. The quantitative estimate of drug-likeness (QED) is 0.693. The standard InChI is InChI=1S/C12H20O2/c1-12(7-2-8-12)9-14-11-5-3-10(13)4-6-11/h11H,2-9H2,1H3. The van der Waals surface area contributed by atoms with Crippen molar-refractivity contribution in [2.24, 2.45) is 5.41 Å². The zero-order chi connectivity index (χ0) is 10.0. The van der Waals surface area contributed by atoms with Gasteiger partial charge in [0, 0.05) is 12.8 Å². The monoisotopic (exact) mass is 196 g/mol. The topological polar surface area (TPSA) is 26.3 Å². The lowest BCUT2D eigenvalue weighted by Crippen LogP contribution is -2.34. The third-order valence-electron chi connectivity index (χ3n) is 3.72. The minimum Gasteiger partial charge on any atom is -0.378 e. The number of rotatable bonds is 3. The van der Waals surface area contributed by atoms with Crippen LogP contribution in [0.3, 0.4) is 0 Å². The zero-order valence-electron chi connectivity index (χ0n) is 9.05. The van der Waals surface area contributed by atoms with Gasteiger partial charge in [-0.3, -0.25) is 4.79 Å². The molecule has 80 valence electrons. The van der Waals surface area contributed by atoms with Crippen molar-refractivity contribution < 1.29 is 9.53 Å². The van der Waals surface area contributed by atoms with Crippen LogP contribution in [0.4, 0.5) is 0 Å². The summed E-state index contributed by atoms with van der Waals surface area (Å²) < 4.78 is 5.89. The predicted molar refractivity (Wildman–Crippen MR) is 55.2 cm³/mol. The number of ether oxygens (including phenoxy) is 1. The van der Waals surface area contributed by atoms with Crippen LogP contribution in [0, 0.1) is 5.41 Å². The van der Waals surface area contributed by atoms with E-state index in [9.17, 15) is 4.79 Å². The van der Waals surface area contributed by atoms with Gasteiger partial charge in [0.2, 0.25) is 0 Å². The van der Waals surface area contributed by atoms with E-state index in [2.05, 4.69) is 6.92 Å². The van der Waals surface area contributed by atoms with Gasteiger partial charge >= 0.3 is 0 Å². The van der Waals surface area contributed by atoms with Crippen molar-refractivity contribution >= 4 is 5.78 Å². The summed E-state index contributed by atoms with van der Waals surface area (Å²) in [5.74, 6) is 0.416. The van der Waals surface area contributed by atoms with Crippen molar-refractivity contribution in [2.45, 2.75) is 58.0 Å². The lowest BCUT2D eigenvalue weighted by atomic mass is 9.71. The molecule has 0 aromatic rings. The van der Waals surface area contributed by atoms with Gasteiger partial charge in [-0.1, -0.05) is 13.3 Å². The van der Waals surface area contributed by atoms with E-state index < -0.39 is 0 Å². The molecule has 2 fully saturated rings. The van der Waals surface area contributed by atoms with E-state index >= 15 is 0 Å². The van der Waals surface area contributed by atoms with Gasteiger partial charge in [0.1, 0.15) is 5.78 Å². The summed E-state index contributed by atoms with van der Waals surface area (Å²) in [4.78, 5) is 11.0. The van der Waals surface area contributed by atoms with E-state index in [4.69, 9.17) is 4.74 Å². The van der Waals surface area contributed by atoms with Gasteiger partial charge in [0.05, 0.1) is 12.7 Å². The molecule has 0 unspecified atom stereocenters. The molecule has 14 heavy (non-hydrogen) atoms. The molecule has 0 saturated heterocycles. The van der Waals surface area contributed by atoms with Crippen LogP contribution in [0.1, 0.15) is 51.9 Å². The van der Waals surface area contributed by atoms with Gasteiger partial charge in [0.25, 0.3) is 0 Å². The van der Waals surface area contributed by atoms with E-state index in [0.717, 1.165) is 32.3 Å². The fraction of sp³-hybridized carbons (Fsp3) is 0.917. The molecule has 2 aliphatic rings. The fourth-order valence-corrected chi connectivity index (χ4v) is 2.32. The van der Waals surface area contributed by atoms with Gasteiger partial charge in [-0.25, -0.2) is 0 Å². The Kier molecular flexibility index (Phi) is 2.91. The Balaban J connectivity index is 1.68. The molecule has 0 spiro atoms. The number of ketones is 1. The maximum Gasteiger partial charge on any atom is 0.133 e. The molecule has 0 heterocycles. The largest absolute Gasteiger partial charge is 0.378 e. The molecule has 2 rings (SSSR count). The first-order valence-corrected chi connectivity index (χ1v) is 5.81. The van der Waals surface area contributed by atoms with Crippen molar-refractivity contribution in [3.63, 3.8) is 0 Å². The van der Waals surface area contributed by atoms with Crippen LogP contribution in [0.25, 0.3) is 0 Å². The lowest BCUT2D eigenvalue weighted by Gasteiger charge is -2.39. The SMILES string of the molecule is CC1(COC2CCC(=O)CC2)CCC1. The Labute approximate surface area is 86.0 Å². The Morgan fingerprint density at radius 3 is 2.50 bits per heavy atom. The van der Waals surface area contributed by atoms with E-state index in [1.54, 1.807) is 0 Å². The first-order chi connectivity index (χ1) is 6.68. The Hall–Kier alpha value is -0.370. The van der Waals surface area contributed by atoms with E-state index in [-0.39, 0.29) is 0 Å². The maximum absolute atomic E-state index is 11.0. The molecular formula is C12H20O2. The molecule has 0 aliphatic heterocycles. The van der Waals surface area contributed by atoms with Crippen molar-refractivity contribution in [1.29, 1.82) is 0 Å². The van der Waals surface area contributed by atoms with Crippen LogP contribution >= 0.6 is 0 Å². The van der Waals surface area contributed by atoms with Crippen LogP contribution in [-0.4, -0.2) is 18.5 Å². The van der Waals surface area contributed by atoms with Gasteiger partial charge < -0.3 is 4.74 Å². The summed E-state index contributed by atoms with van der Waals surface area (Å²) >= 11 is 0. The van der Waals surface area contributed by atoms with Crippen molar-refractivity contribution in [3.8, 4) is 0 Å². The van der Waals surface area contributed by atoms with Crippen molar-refractivity contribution in [2.75, 3.05) is 6.61 Å². The number of hydrogen-bond acceptors (Lipinski definition) is 2. The van der Waals surface area contributed by atoms with Gasteiger partial charge in [-0.2, -0.15) is 0 Å². The molecule has 2 nitrogen and oxygen atoms in total. The highest BCUT2D eigenvalue weighted by Crippen LogP contribution is 2.40. The van der Waals surface area contributed by atoms with Gasteiger partial charge in [0.15, 0.2) is 0 Å². The van der Waals surface area contributed by atoms with Crippen LogP contribution in [0.2, 0.25) is 0 Å². The first kappa shape index (κ1) is 10.2. The average molecular weight is 196 g/mol. The van der Waals surface area contributed by atoms with Crippen molar-refractivity contribution in [3.05, 3.63) is 0 Å². The summed E-state index contributed by atoms with van der Waals surface area (Å²) in [6.45, 7) is 3.22. The van der Waals surface area contributed by atoms with E-state index in [1.165, 1.54) is 19.3 Å². The number of carbonyl (C=O) groups is 1. The van der Waals surface area contributed by atoms with E-state index in [0.29, 0.717) is 17.3 Å². The summed E-state index contributed by atoms with van der Waals surface area (Å²) in [6.07, 6.45) is 7.75. The van der Waals surface area contributed by atoms with Crippen LogP contribution in [-0.2, 0) is 9.53 Å². The molecule has 0 atom stereocenters. The maximum atomic E-state index is 11.0. The van der Waals surface area contributed by atoms with Gasteiger partial charge in [-0.15, -0.1) is 0 Å². The Morgan fingerprint density at radius 2 is 2.00 bits per heavy atom. The second kappa shape index (κ2) is 4.01. The van der Waals surface area contributed by atoms with Crippen LogP contribution in [0.5, 0.6) is 0 Å². The Bertz CT molecular complexity index is 208. The molecule has 0 aromatic heterocycles. The molecule has 0 radical (unpaired) electrons. The summed E-state index contributed by atoms with van der Waals surface area (Å²) in [7, 11) is 0. The molecule has 2 saturated carbocycles. The van der Waals surface area contributed by atoms with Crippen LogP contribution in [0.15, 0.2) is 0 Å². The third-order valence-corrected chi connectivity index (χ3v) is 3.72. The molecule has 0 N–H and O–H groups in total. The summed E-state index contributed by atoms with van der Waals surface area (Å²) in [5.41, 5.74) is 0.460.